The third kappa shape index (κ3) is 2.72. The van der Waals surface area contributed by atoms with Crippen LogP contribution in [0.5, 0.6) is 5.75 Å². The van der Waals surface area contributed by atoms with Crippen LogP contribution in [-0.2, 0) is 0 Å². The molecule has 3 fully saturated rings. The van der Waals surface area contributed by atoms with Crippen LogP contribution in [0.2, 0.25) is 10.0 Å². The van der Waals surface area contributed by atoms with Crippen molar-refractivity contribution >= 4 is 29.1 Å². The maximum Gasteiger partial charge on any atom is 0.255 e. The van der Waals surface area contributed by atoms with Gasteiger partial charge in [0.1, 0.15) is 5.75 Å². The van der Waals surface area contributed by atoms with Crippen molar-refractivity contribution in [2.75, 3.05) is 0 Å². The molecule has 4 nitrogen and oxygen atoms in total. The van der Waals surface area contributed by atoms with E-state index in [2.05, 4.69) is 5.32 Å². The minimum atomic E-state index is -0.330. The first-order valence-corrected chi connectivity index (χ1v) is 7.88. The predicted molar refractivity (Wildman–Crippen MR) is 82.9 cm³/mol. The summed E-state index contributed by atoms with van der Waals surface area (Å²) in [6.07, 6.45) is 5.42. The summed E-state index contributed by atoms with van der Waals surface area (Å²) in [7, 11) is 0. The molecule has 0 spiro atoms. The van der Waals surface area contributed by atoms with Gasteiger partial charge in [0.2, 0.25) is 0 Å². The molecule has 1 aromatic rings. The summed E-state index contributed by atoms with van der Waals surface area (Å²) in [5.74, 6) is -0.557. The van der Waals surface area contributed by atoms with Gasteiger partial charge < -0.3 is 16.2 Å². The molecule has 2 bridgehead atoms. The zero-order valence-electron chi connectivity index (χ0n) is 11.6. The highest BCUT2D eigenvalue weighted by Crippen LogP contribution is 2.45. The summed E-state index contributed by atoms with van der Waals surface area (Å²) < 4.78 is 0. The van der Waals surface area contributed by atoms with Gasteiger partial charge in [-0.3, -0.25) is 4.79 Å². The van der Waals surface area contributed by atoms with Crippen LogP contribution in [-0.4, -0.2) is 22.1 Å². The fourth-order valence-electron chi connectivity index (χ4n) is 3.45. The van der Waals surface area contributed by atoms with Gasteiger partial charge in [-0.15, -0.1) is 0 Å². The average Bonchev–Trinajstić information content (AvgIpc) is 2.44. The van der Waals surface area contributed by atoms with Gasteiger partial charge >= 0.3 is 0 Å². The smallest absolute Gasteiger partial charge is 0.255 e. The zero-order valence-corrected chi connectivity index (χ0v) is 13.1. The minimum absolute atomic E-state index is 0.0476. The van der Waals surface area contributed by atoms with E-state index in [-0.39, 0.29) is 33.3 Å². The number of nitrogens with one attached hydrogen (secondary N) is 1. The number of hydrogen-bond acceptors (Lipinski definition) is 3. The number of rotatable bonds is 2. The number of fused-ring (bicyclic) bond motifs is 3. The van der Waals surface area contributed by atoms with Gasteiger partial charge in [0.25, 0.3) is 5.91 Å². The van der Waals surface area contributed by atoms with E-state index in [9.17, 15) is 9.90 Å². The molecule has 0 aliphatic heterocycles. The summed E-state index contributed by atoms with van der Waals surface area (Å²) in [6.45, 7) is 0. The normalized spacial score (nSPS) is 31.2. The maximum atomic E-state index is 12.5. The molecule has 4 N–H and O–H groups in total. The Morgan fingerprint density at radius 2 is 1.71 bits per heavy atom. The van der Waals surface area contributed by atoms with Crippen LogP contribution in [0.3, 0.4) is 0 Å². The lowest BCUT2D eigenvalue weighted by molar-refractivity contribution is 0.0626. The predicted octanol–water partition coefficient (Wildman–Crippen LogP) is 3.23. The monoisotopic (exact) mass is 328 g/mol. The molecule has 0 radical (unpaired) electrons. The number of benzene rings is 1. The van der Waals surface area contributed by atoms with Crippen LogP contribution < -0.4 is 11.1 Å². The Morgan fingerprint density at radius 1 is 1.14 bits per heavy atom. The van der Waals surface area contributed by atoms with Crippen molar-refractivity contribution in [3.8, 4) is 5.75 Å². The van der Waals surface area contributed by atoms with E-state index in [1.165, 1.54) is 12.1 Å². The largest absolute Gasteiger partial charge is 0.506 e. The lowest BCUT2D eigenvalue weighted by Crippen LogP contribution is -2.61. The standard InChI is InChI=1S/C15H18Cl2N2O2/c16-9-7-10(12(20)11(17)8-9)13(21)19-15-4-1-14(18,2-5-15)3-6-15/h7-8,20H,1-6,18H2,(H,19,21). The summed E-state index contributed by atoms with van der Waals surface area (Å²) in [5.41, 5.74) is 6.14. The van der Waals surface area contributed by atoms with Gasteiger partial charge in [0.05, 0.1) is 10.6 Å². The molecule has 3 saturated carbocycles. The zero-order chi connectivity index (χ0) is 15.3. The Bertz CT molecular complexity index is 579. The van der Waals surface area contributed by atoms with Gasteiger partial charge in [0, 0.05) is 16.1 Å². The Hall–Kier alpha value is -0.970. The molecule has 6 heteroatoms. The number of phenolic OH excluding ortho intramolecular Hbond substituents is 1. The lowest BCUT2D eigenvalue weighted by Gasteiger charge is -2.52. The first-order chi connectivity index (χ1) is 9.83. The second-order valence-corrected chi connectivity index (χ2v) is 7.22. The molecule has 0 saturated heterocycles. The SMILES string of the molecule is NC12CCC(NC(=O)c3cc(Cl)cc(Cl)c3O)(CC1)CC2. The molecular weight excluding hydrogens is 311 g/mol. The minimum Gasteiger partial charge on any atom is -0.506 e. The van der Waals surface area contributed by atoms with Crippen molar-refractivity contribution in [3.05, 3.63) is 27.7 Å². The van der Waals surface area contributed by atoms with E-state index in [0.29, 0.717) is 5.02 Å². The van der Waals surface area contributed by atoms with Crippen molar-refractivity contribution in [2.45, 2.75) is 49.6 Å². The molecule has 3 aliphatic rings. The topological polar surface area (TPSA) is 75.3 Å². The fraction of sp³-hybridized carbons (Fsp3) is 0.533. The van der Waals surface area contributed by atoms with E-state index in [1.807, 2.05) is 0 Å². The molecule has 3 aliphatic carbocycles. The highest BCUT2D eigenvalue weighted by atomic mass is 35.5. The van der Waals surface area contributed by atoms with Crippen LogP contribution >= 0.6 is 23.2 Å². The Morgan fingerprint density at radius 3 is 2.29 bits per heavy atom. The summed E-state index contributed by atoms with van der Waals surface area (Å²) in [5, 5.41) is 13.4. The molecule has 0 unspecified atom stereocenters. The molecular formula is C15H18Cl2N2O2. The fourth-order valence-corrected chi connectivity index (χ4v) is 3.94. The van der Waals surface area contributed by atoms with E-state index < -0.39 is 0 Å². The molecule has 114 valence electrons. The number of phenols is 1. The number of carbonyl (C=O) groups is 1. The lowest BCUT2D eigenvalue weighted by atomic mass is 9.62. The maximum absolute atomic E-state index is 12.5. The third-order valence-electron chi connectivity index (χ3n) is 4.96. The molecule has 0 aromatic heterocycles. The van der Waals surface area contributed by atoms with Gasteiger partial charge in [-0.25, -0.2) is 0 Å². The molecule has 0 heterocycles. The molecule has 21 heavy (non-hydrogen) atoms. The quantitative estimate of drug-likeness (QED) is 0.780. The third-order valence-corrected chi connectivity index (χ3v) is 5.46. The van der Waals surface area contributed by atoms with Crippen LogP contribution in [0, 0.1) is 0 Å². The highest BCUT2D eigenvalue weighted by molar-refractivity contribution is 6.36. The van der Waals surface area contributed by atoms with Crippen LogP contribution in [0.15, 0.2) is 12.1 Å². The number of aromatic hydroxyl groups is 1. The summed E-state index contributed by atoms with van der Waals surface area (Å²) in [6, 6.07) is 2.85. The Balaban J connectivity index is 1.81. The summed E-state index contributed by atoms with van der Waals surface area (Å²) in [4.78, 5) is 12.5. The average molecular weight is 329 g/mol. The van der Waals surface area contributed by atoms with Crippen molar-refractivity contribution in [1.29, 1.82) is 0 Å². The second-order valence-electron chi connectivity index (χ2n) is 6.38. The molecule has 1 aromatic carbocycles. The van der Waals surface area contributed by atoms with Gasteiger partial charge in [-0.2, -0.15) is 0 Å². The van der Waals surface area contributed by atoms with Crippen LogP contribution in [0.1, 0.15) is 48.9 Å². The Kier molecular flexibility index (Phi) is 3.59. The van der Waals surface area contributed by atoms with Crippen molar-refractivity contribution < 1.29 is 9.90 Å². The van der Waals surface area contributed by atoms with Crippen LogP contribution in [0.25, 0.3) is 0 Å². The van der Waals surface area contributed by atoms with Gasteiger partial charge in [-0.1, -0.05) is 23.2 Å². The van der Waals surface area contributed by atoms with Crippen molar-refractivity contribution in [3.63, 3.8) is 0 Å². The number of hydrogen-bond donors (Lipinski definition) is 3. The molecule has 1 amide bonds. The first kappa shape index (κ1) is 14.9. The van der Waals surface area contributed by atoms with E-state index in [4.69, 9.17) is 28.9 Å². The second kappa shape index (κ2) is 5.04. The highest BCUT2D eigenvalue weighted by Gasteiger charge is 2.47. The number of nitrogens with two attached hydrogens (primary N) is 1. The number of amides is 1. The van der Waals surface area contributed by atoms with Gasteiger partial charge in [0.15, 0.2) is 0 Å². The molecule has 0 atom stereocenters. The summed E-state index contributed by atoms with van der Waals surface area (Å²) >= 11 is 11.8. The van der Waals surface area contributed by atoms with Crippen molar-refractivity contribution in [1.82, 2.24) is 5.32 Å². The first-order valence-electron chi connectivity index (χ1n) is 7.12. The number of carbonyl (C=O) groups excluding carboxylic acids is 1. The molecule has 4 rings (SSSR count). The number of halogens is 2. The Labute approximate surface area is 133 Å². The van der Waals surface area contributed by atoms with Crippen LogP contribution in [0.4, 0.5) is 0 Å². The van der Waals surface area contributed by atoms with Crippen molar-refractivity contribution in [2.24, 2.45) is 5.73 Å². The van der Waals surface area contributed by atoms with Gasteiger partial charge in [-0.05, 0) is 50.7 Å². The van der Waals surface area contributed by atoms with E-state index in [0.717, 1.165) is 38.5 Å². The van der Waals surface area contributed by atoms with E-state index in [1.54, 1.807) is 0 Å². The van der Waals surface area contributed by atoms with E-state index >= 15 is 0 Å².